The molecule has 1 aromatic rings. The number of carbonyl (C=O) groups excluding carboxylic acids is 1. The molecule has 0 amide bonds. The number of nitrogens with zero attached hydrogens (tertiary/aromatic N) is 1. The highest BCUT2D eigenvalue weighted by molar-refractivity contribution is 5.80. The summed E-state index contributed by atoms with van der Waals surface area (Å²) in [6.45, 7) is 7.41. The van der Waals surface area contributed by atoms with Gasteiger partial charge in [-0.1, -0.05) is 6.92 Å². The van der Waals surface area contributed by atoms with Crippen molar-refractivity contribution in [2.45, 2.75) is 39.8 Å². The summed E-state index contributed by atoms with van der Waals surface area (Å²) in [6.07, 6.45) is 1.09. The lowest BCUT2D eigenvalue weighted by Gasteiger charge is -2.17. The van der Waals surface area contributed by atoms with Gasteiger partial charge in [0.05, 0.1) is 19.6 Å². The van der Waals surface area contributed by atoms with E-state index in [9.17, 15) is 4.79 Å². The molecule has 1 aromatic carbocycles. The third kappa shape index (κ3) is 5.03. The lowest BCUT2D eigenvalue weighted by atomic mass is 10.1. The average Bonchev–Trinajstić information content (AvgIpc) is 2.99. The number of ether oxygens (including phenoxy) is 3. The van der Waals surface area contributed by atoms with Crippen molar-refractivity contribution >= 4 is 11.9 Å². The third-order valence-corrected chi connectivity index (χ3v) is 4.23. The van der Waals surface area contributed by atoms with Gasteiger partial charge in [0, 0.05) is 37.7 Å². The van der Waals surface area contributed by atoms with E-state index in [1.807, 2.05) is 13.0 Å². The Balaban J connectivity index is 2.01. The molecule has 26 heavy (non-hydrogen) atoms. The molecular weight excluding hydrogens is 334 g/mol. The first kappa shape index (κ1) is 19.9. The van der Waals surface area contributed by atoms with E-state index in [-0.39, 0.29) is 18.0 Å². The van der Waals surface area contributed by atoms with Crippen LogP contribution < -0.4 is 20.1 Å². The zero-order valence-electron chi connectivity index (χ0n) is 16.2. The van der Waals surface area contributed by atoms with Crippen molar-refractivity contribution in [3.8, 4) is 11.5 Å². The third-order valence-electron chi connectivity index (χ3n) is 4.23. The molecule has 144 valence electrons. The van der Waals surface area contributed by atoms with Gasteiger partial charge in [-0.3, -0.25) is 9.79 Å². The van der Waals surface area contributed by atoms with Gasteiger partial charge in [-0.15, -0.1) is 0 Å². The Morgan fingerprint density at radius 1 is 1.42 bits per heavy atom. The van der Waals surface area contributed by atoms with Crippen LogP contribution in [0, 0.1) is 5.92 Å². The Kier molecular flexibility index (Phi) is 7.12. The number of benzene rings is 1. The number of fused-ring (bicyclic) bond motifs is 1. The maximum atomic E-state index is 11.5. The van der Waals surface area contributed by atoms with E-state index in [1.54, 1.807) is 14.0 Å². The van der Waals surface area contributed by atoms with Gasteiger partial charge in [0.25, 0.3) is 0 Å². The van der Waals surface area contributed by atoms with Crippen LogP contribution in [0.15, 0.2) is 17.1 Å². The summed E-state index contributed by atoms with van der Waals surface area (Å²) in [5.74, 6) is 1.87. The highest BCUT2D eigenvalue weighted by Gasteiger charge is 2.22. The second-order valence-electron chi connectivity index (χ2n) is 6.36. The predicted molar refractivity (Wildman–Crippen MR) is 101 cm³/mol. The number of rotatable bonds is 7. The van der Waals surface area contributed by atoms with Crippen molar-refractivity contribution in [2.24, 2.45) is 10.9 Å². The second kappa shape index (κ2) is 9.31. The maximum Gasteiger partial charge on any atom is 0.310 e. The molecule has 0 radical (unpaired) electrons. The first-order valence-corrected chi connectivity index (χ1v) is 8.96. The fourth-order valence-electron chi connectivity index (χ4n) is 2.84. The van der Waals surface area contributed by atoms with Crippen LogP contribution >= 0.6 is 0 Å². The smallest absolute Gasteiger partial charge is 0.310 e. The molecule has 2 unspecified atom stereocenters. The quantitative estimate of drug-likeness (QED) is 0.437. The Morgan fingerprint density at radius 2 is 2.19 bits per heavy atom. The Bertz CT molecular complexity index is 660. The SMILES string of the molecule is CCOc1cc2c(cc1CNC(=NC)NCC(C)C(=O)OC)OC(C)C2. The van der Waals surface area contributed by atoms with E-state index in [0.29, 0.717) is 25.7 Å². The van der Waals surface area contributed by atoms with Gasteiger partial charge in [-0.05, 0) is 26.0 Å². The van der Waals surface area contributed by atoms with E-state index in [1.165, 1.54) is 12.7 Å². The van der Waals surface area contributed by atoms with Crippen molar-refractivity contribution in [3.05, 3.63) is 23.3 Å². The van der Waals surface area contributed by atoms with Gasteiger partial charge in [-0.25, -0.2) is 0 Å². The standard InChI is InChI=1S/C19H29N3O4/c1-6-25-16-8-14-7-13(3)26-17(14)9-15(16)11-22-19(20-4)21-10-12(2)18(23)24-5/h8-9,12-13H,6-7,10-11H2,1-5H3,(H2,20,21,22). The van der Waals surface area contributed by atoms with Crippen LogP contribution in [-0.2, 0) is 22.5 Å². The molecule has 2 rings (SSSR count). The molecule has 0 saturated carbocycles. The largest absolute Gasteiger partial charge is 0.494 e. The topological polar surface area (TPSA) is 81.2 Å². The Morgan fingerprint density at radius 3 is 2.85 bits per heavy atom. The molecule has 0 spiro atoms. The van der Waals surface area contributed by atoms with E-state index < -0.39 is 0 Å². The van der Waals surface area contributed by atoms with Crippen molar-refractivity contribution in [2.75, 3.05) is 27.3 Å². The van der Waals surface area contributed by atoms with E-state index in [0.717, 1.165) is 23.5 Å². The van der Waals surface area contributed by atoms with Crippen LogP contribution in [0.25, 0.3) is 0 Å². The van der Waals surface area contributed by atoms with Gasteiger partial charge in [0.2, 0.25) is 0 Å². The zero-order valence-corrected chi connectivity index (χ0v) is 16.2. The molecule has 2 N–H and O–H groups in total. The summed E-state index contributed by atoms with van der Waals surface area (Å²) >= 11 is 0. The van der Waals surface area contributed by atoms with Gasteiger partial charge in [-0.2, -0.15) is 0 Å². The fraction of sp³-hybridized carbons (Fsp3) is 0.579. The lowest BCUT2D eigenvalue weighted by Crippen LogP contribution is -2.40. The van der Waals surface area contributed by atoms with Crippen LogP contribution in [0.5, 0.6) is 11.5 Å². The van der Waals surface area contributed by atoms with E-state index in [4.69, 9.17) is 14.2 Å². The van der Waals surface area contributed by atoms with E-state index in [2.05, 4.69) is 28.6 Å². The van der Waals surface area contributed by atoms with Crippen molar-refractivity contribution in [3.63, 3.8) is 0 Å². The molecule has 1 aliphatic heterocycles. The Labute approximate surface area is 155 Å². The number of methoxy groups -OCH3 is 1. The minimum atomic E-state index is -0.257. The average molecular weight is 363 g/mol. The number of hydrogen-bond donors (Lipinski definition) is 2. The number of nitrogens with one attached hydrogen (secondary N) is 2. The van der Waals surface area contributed by atoms with Crippen LogP contribution in [0.4, 0.5) is 0 Å². The van der Waals surface area contributed by atoms with Crippen LogP contribution in [0.3, 0.4) is 0 Å². The minimum Gasteiger partial charge on any atom is -0.494 e. The zero-order chi connectivity index (χ0) is 19.1. The van der Waals surface area contributed by atoms with Crippen molar-refractivity contribution in [1.82, 2.24) is 10.6 Å². The number of esters is 1. The maximum absolute atomic E-state index is 11.5. The first-order chi connectivity index (χ1) is 12.5. The van der Waals surface area contributed by atoms with Gasteiger partial charge in [0.15, 0.2) is 5.96 Å². The predicted octanol–water partition coefficient (Wildman–Crippen LogP) is 1.88. The molecule has 0 saturated heterocycles. The minimum absolute atomic E-state index is 0.192. The first-order valence-electron chi connectivity index (χ1n) is 8.96. The normalized spacial score (nSPS) is 17.1. The second-order valence-corrected chi connectivity index (χ2v) is 6.36. The van der Waals surface area contributed by atoms with Crippen LogP contribution in [0.2, 0.25) is 0 Å². The fourth-order valence-corrected chi connectivity index (χ4v) is 2.84. The van der Waals surface area contributed by atoms with Crippen LogP contribution in [-0.4, -0.2) is 45.3 Å². The summed E-state index contributed by atoms with van der Waals surface area (Å²) < 4.78 is 16.4. The number of hydrogen-bond acceptors (Lipinski definition) is 5. The summed E-state index contributed by atoms with van der Waals surface area (Å²) in [6, 6.07) is 4.09. The van der Waals surface area contributed by atoms with Gasteiger partial charge in [0.1, 0.15) is 17.6 Å². The summed E-state index contributed by atoms with van der Waals surface area (Å²) in [7, 11) is 3.08. The van der Waals surface area contributed by atoms with Crippen LogP contribution in [0.1, 0.15) is 31.9 Å². The number of guanidine groups is 1. The molecule has 1 aliphatic rings. The molecule has 7 nitrogen and oxygen atoms in total. The van der Waals surface area contributed by atoms with Crippen molar-refractivity contribution in [1.29, 1.82) is 0 Å². The molecule has 0 bridgehead atoms. The molecule has 0 fully saturated rings. The summed E-state index contributed by atoms with van der Waals surface area (Å²) in [5, 5.41) is 6.38. The molecule has 7 heteroatoms. The van der Waals surface area contributed by atoms with E-state index >= 15 is 0 Å². The number of carbonyl (C=O) groups is 1. The van der Waals surface area contributed by atoms with Gasteiger partial charge < -0.3 is 24.8 Å². The Hall–Kier alpha value is -2.44. The molecule has 2 atom stereocenters. The highest BCUT2D eigenvalue weighted by atomic mass is 16.5. The molecule has 0 aromatic heterocycles. The summed E-state index contributed by atoms with van der Waals surface area (Å²) in [5.41, 5.74) is 2.18. The van der Waals surface area contributed by atoms with Gasteiger partial charge >= 0.3 is 5.97 Å². The molecular formula is C19H29N3O4. The molecule has 1 heterocycles. The summed E-state index contributed by atoms with van der Waals surface area (Å²) in [4.78, 5) is 15.7. The van der Waals surface area contributed by atoms with Crippen molar-refractivity contribution < 1.29 is 19.0 Å². The number of aliphatic imine (C=N–C) groups is 1. The highest BCUT2D eigenvalue weighted by Crippen LogP contribution is 2.35. The monoisotopic (exact) mass is 363 g/mol. The molecule has 0 aliphatic carbocycles. The lowest BCUT2D eigenvalue weighted by molar-refractivity contribution is -0.144.